The lowest BCUT2D eigenvalue weighted by Crippen LogP contribution is -2.39. The minimum atomic E-state index is -3.80. The van der Waals surface area contributed by atoms with E-state index in [0.717, 1.165) is 17.6 Å². The van der Waals surface area contributed by atoms with E-state index >= 15 is 0 Å². The van der Waals surface area contributed by atoms with E-state index in [0.29, 0.717) is 25.2 Å². The Balaban J connectivity index is 1.67. The van der Waals surface area contributed by atoms with Crippen molar-refractivity contribution in [1.82, 2.24) is 18.4 Å². The number of nitriles is 1. The third kappa shape index (κ3) is 4.33. The Labute approximate surface area is 194 Å². The fraction of sp³-hybridized carbons (Fsp3) is 0.458. The van der Waals surface area contributed by atoms with Gasteiger partial charge in [0.25, 0.3) is 0 Å². The van der Waals surface area contributed by atoms with Crippen LogP contribution in [0.15, 0.2) is 46.1 Å². The zero-order chi connectivity index (χ0) is 24.0. The van der Waals surface area contributed by atoms with Gasteiger partial charge >= 0.3 is 5.69 Å². The van der Waals surface area contributed by atoms with Crippen molar-refractivity contribution in [3.8, 4) is 6.07 Å². The normalized spacial score (nSPS) is 17.8. The molecule has 33 heavy (non-hydrogen) atoms. The van der Waals surface area contributed by atoms with E-state index in [1.165, 1.54) is 16.4 Å². The highest BCUT2D eigenvalue weighted by Crippen LogP contribution is 2.31. The number of pyridine rings is 1. The number of sulfonamides is 1. The molecule has 1 saturated heterocycles. The number of aryl methyl sites for hydroxylation is 1. The van der Waals surface area contributed by atoms with Crippen molar-refractivity contribution in [2.75, 3.05) is 13.1 Å². The molecule has 4 rings (SSSR count). The van der Waals surface area contributed by atoms with Crippen LogP contribution in [-0.4, -0.2) is 39.9 Å². The van der Waals surface area contributed by atoms with Crippen molar-refractivity contribution in [3.05, 3.63) is 58.1 Å². The van der Waals surface area contributed by atoms with Crippen LogP contribution in [0.3, 0.4) is 0 Å². The standard InChI is InChI=1S/C24H29N5O3S/c1-24(2,3)16-29-20-12-11-19(26-22(20)27(4)23(29)30)18-9-7-13-28(15-18)33(31,32)21-10-6-5-8-17(21)14-25/h5-6,8,10-12,18H,7,9,13,15-16H2,1-4H3. The molecule has 0 radical (unpaired) electrons. The van der Waals surface area contributed by atoms with Gasteiger partial charge in [-0.05, 0) is 42.5 Å². The summed E-state index contributed by atoms with van der Waals surface area (Å²) in [6.07, 6.45) is 1.50. The van der Waals surface area contributed by atoms with Crippen LogP contribution in [0.4, 0.5) is 0 Å². The maximum atomic E-state index is 13.3. The Kier molecular flexibility index (Phi) is 5.93. The van der Waals surface area contributed by atoms with E-state index in [1.807, 2.05) is 18.2 Å². The Morgan fingerprint density at radius 2 is 1.91 bits per heavy atom. The summed E-state index contributed by atoms with van der Waals surface area (Å²) in [7, 11) is -2.08. The van der Waals surface area contributed by atoms with Gasteiger partial charge in [0, 0.05) is 38.3 Å². The van der Waals surface area contributed by atoms with E-state index in [2.05, 4.69) is 20.8 Å². The molecule has 3 aromatic rings. The third-order valence-corrected chi connectivity index (χ3v) is 7.99. The molecule has 1 fully saturated rings. The number of nitrogens with zero attached hydrogens (tertiary/aromatic N) is 5. The number of rotatable bonds is 4. The Morgan fingerprint density at radius 1 is 1.18 bits per heavy atom. The summed E-state index contributed by atoms with van der Waals surface area (Å²) >= 11 is 0. The summed E-state index contributed by atoms with van der Waals surface area (Å²) in [5, 5.41) is 9.36. The highest BCUT2D eigenvalue weighted by atomic mass is 32.2. The molecule has 9 heteroatoms. The maximum absolute atomic E-state index is 13.3. The van der Waals surface area contributed by atoms with Crippen molar-refractivity contribution in [3.63, 3.8) is 0 Å². The van der Waals surface area contributed by atoms with E-state index in [-0.39, 0.29) is 34.0 Å². The van der Waals surface area contributed by atoms with E-state index in [9.17, 15) is 18.5 Å². The van der Waals surface area contributed by atoms with Gasteiger partial charge in [0.2, 0.25) is 10.0 Å². The van der Waals surface area contributed by atoms with Gasteiger partial charge in [0.05, 0.1) is 16.0 Å². The summed E-state index contributed by atoms with van der Waals surface area (Å²) in [5.41, 5.74) is 2.15. The molecule has 1 aliphatic rings. The van der Waals surface area contributed by atoms with Gasteiger partial charge in [-0.25, -0.2) is 18.2 Å². The zero-order valence-electron chi connectivity index (χ0n) is 19.4. The molecule has 8 nitrogen and oxygen atoms in total. The Morgan fingerprint density at radius 3 is 2.61 bits per heavy atom. The molecule has 2 aromatic heterocycles. The van der Waals surface area contributed by atoms with Gasteiger partial charge in [-0.3, -0.25) is 9.13 Å². The van der Waals surface area contributed by atoms with Crippen molar-refractivity contribution in [2.45, 2.75) is 51.0 Å². The average Bonchev–Trinajstić information content (AvgIpc) is 3.02. The maximum Gasteiger partial charge on any atom is 0.330 e. The molecule has 1 aromatic carbocycles. The smallest absolute Gasteiger partial charge is 0.290 e. The van der Waals surface area contributed by atoms with Crippen molar-refractivity contribution in [2.24, 2.45) is 12.5 Å². The first-order chi connectivity index (χ1) is 15.5. The quantitative estimate of drug-likeness (QED) is 0.586. The number of hydrogen-bond acceptors (Lipinski definition) is 5. The van der Waals surface area contributed by atoms with Crippen LogP contribution in [0.1, 0.15) is 50.8 Å². The average molecular weight is 468 g/mol. The molecule has 0 amide bonds. The minimum Gasteiger partial charge on any atom is -0.290 e. The van der Waals surface area contributed by atoms with E-state index in [1.54, 1.807) is 28.3 Å². The molecular formula is C24H29N5O3S. The highest BCUT2D eigenvalue weighted by molar-refractivity contribution is 7.89. The van der Waals surface area contributed by atoms with E-state index in [4.69, 9.17) is 4.98 Å². The van der Waals surface area contributed by atoms with Gasteiger partial charge in [-0.2, -0.15) is 9.57 Å². The number of fused-ring (bicyclic) bond motifs is 1. The molecule has 1 aliphatic heterocycles. The molecule has 174 valence electrons. The third-order valence-electron chi connectivity index (χ3n) is 6.06. The fourth-order valence-corrected chi connectivity index (χ4v) is 6.13. The fourth-order valence-electron chi connectivity index (χ4n) is 4.47. The first-order valence-electron chi connectivity index (χ1n) is 11.1. The molecule has 0 spiro atoms. The van der Waals surface area contributed by atoms with Crippen molar-refractivity contribution >= 4 is 21.2 Å². The van der Waals surface area contributed by atoms with Crippen LogP contribution in [0.25, 0.3) is 11.2 Å². The summed E-state index contributed by atoms with van der Waals surface area (Å²) in [4.78, 5) is 17.7. The van der Waals surface area contributed by atoms with Crippen LogP contribution < -0.4 is 5.69 Å². The molecule has 0 aliphatic carbocycles. The van der Waals surface area contributed by atoms with Gasteiger partial charge < -0.3 is 0 Å². The summed E-state index contributed by atoms with van der Waals surface area (Å²) < 4.78 is 31.4. The lowest BCUT2D eigenvalue weighted by Gasteiger charge is -2.31. The zero-order valence-corrected chi connectivity index (χ0v) is 20.3. The molecule has 0 N–H and O–H groups in total. The first-order valence-corrected chi connectivity index (χ1v) is 12.5. The number of hydrogen-bond donors (Lipinski definition) is 0. The lowest BCUT2D eigenvalue weighted by molar-refractivity contribution is 0.313. The van der Waals surface area contributed by atoms with Gasteiger partial charge in [-0.1, -0.05) is 32.9 Å². The second-order valence-electron chi connectivity index (χ2n) is 9.88. The molecule has 0 bridgehead atoms. The van der Waals surface area contributed by atoms with Crippen LogP contribution in [0, 0.1) is 16.7 Å². The van der Waals surface area contributed by atoms with Crippen molar-refractivity contribution < 1.29 is 8.42 Å². The number of imidazole rings is 1. The molecule has 1 atom stereocenters. The molecular weight excluding hydrogens is 438 g/mol. The molecule has 3 heterocycles. The second kappa shape index (κ2) is 8.43. The molecule has 1 unspecified atom stereocenters. The van der Waals surface area contributed by atoms with Crippen LogP contribution >= 0.6 is 0 Å². The number of aromatic nitrogens is 3. The highest BCUT2D eigenvalue weighted by Gasteiger charge is 2.33. The summed E-state index contributed by atoms with van der Waals surface area (Å²) in [5.74, 6) is -0.0896. The van der Waals surface area contributed by atoms with Gasteiger partial charge in [0.15, 0.2) is 5.65 Å². The Hall–Kier alpha value is -2.96. The van der Waals surface area contributed by atoms with Crippen LogP contribution in [-0.2, 0) is 23.6 Å². The predicted molar refractivity (Wildman–Crippen MR) is 126 cm³/mol. The lowest BCUT2D eigenvalue weighted by atomic mass is 9.95. The summed E-state index contributed by atoms with van der Waals surface area (Å²) in [6, 6.07) is 12.1. The molecule has 0 saturated carbocycles. The first kappa shape index (κ1) is 23.2. The van der Waals surface area contributed by atoms with Crippen molar-refractivity contribution in [1.29, 1.82) is 5.26 Å². The van der Waals surface area contributed by atoms with Crippen LogP contribution in [0.5, 0.6) is 0 Å². The second-order valence-corrected chi connectivity index (χ2v) is 11.8. The number of piperidine rings is 1. The minimum absolute atomic E-state index is 0.0400. The summed E-state index contributed by atoms with van der Waals surface area (Å²) in [6.45, 7) is 7.53. The number of benzene rings is 1. The predicted octanol–water partition coefficient (Wildman–Crippen LogP) is 3.22. The Bertz CT molecular complexity index is 1410. The van der Waals surface area contributed by atoms with E-state index < -0.39 is 10.0 Å². The van der Waals surface area contributed by atoms with Gasteiger partial charge in [0.1, 0.15) is 6.07 Å². The topological polar surface area (TPSA) is 101 Å². The van der Waals surface area contributed by atoms with Crippen LogP contribution in [0.2, 0.25) is 0 Å². The monoisotopic (exact) mass is 467 g/mol. The SMILES string of the molecule is Cn1c(=O)n(CC(C)(C)C)c2ccc(C3CCCN(S(=O)(=O)c4ccccc4C#N)C3)nc21. The van der Waals surface area contributed by atoms with Gasteiger partial charge in [-0.15, -0.1) is 0 Å². The largest absolute Gasteiger partial charge is 0.330 e.